The summed E-state index contributed by atoms with van der Waals surface area (Å²) in [7, 11) is 0. The SMILES string of the molecule is C=C1[C@H]2O[C@]3(CCCC[C@@H]13)CCC2=O. The molecule has 3 rings (SSSR count). The number of hydrogen-bond acceptors (Lipinski definition) is 2. The Morgan fingerprint density at radius 1 is 1.36 bits per heavy atom. The summed E-state index contributed by atoms with van der Waals surface area (Å²) in [5.41, 5.74) is 1.10. The standard InChI is InChI=1S/C12H16O2/c1-8-9-4-2-3-6-12(9)7-5-10(13)11(8)14-12/h9,11H,1-7H2/t9-,11+,12+/m0/s1. The first-order valence-corrected chi connectivity index (χ1v) is 5.62. The third kappa shape index (κ3) is 0.924. The summed E-state index contributed by atoms with van der Waals surface area (Å²) in [5, 5.41) is 0. The van der Waals surface area contributed by atoms with Gasteiger partial charge in [-0.2, -0.15) is 0 Å². The molecule has 2 heterocycles. The molecule has 2 aliphatic heterocycles. The van der Waals surface area contributed by atoms with Gasteiger partial charge in [0.05, 0.1) is 5.60 Å². The normalized spacial score (nSPS) is 46.6. The minimum Gasteiger partial charge on any atom is -0.359 e. The zero-order valence-corrected chi connectivity index (χ0v) is 8.42. The molecule has 0 N–H and O–H groups in total. The minimum atomic E-state index is -0.244. The third-order valence-corrected chi connectivity index (χ3v) is 4.20. The molecule has 0 aromatic carbocycles. The fourth-order valence-corrected chi connectivity index (χ4v) is 3.46. The van der Waals surface area contributed by atoms with E-state index in [1.54, 1.807) is 0 Å². The highest BCUT2D eigenvalue weighted by Crippen LogP contribution is 2.53. The maximum absolute atomic E-state index is 11.6. The number of ether oxygens (including phenoxy) is 1. The maximum Gasteiger partial charge on any atom is 0.165 e. The molecule has 2 heteroatoms. The van der Waals surface area contributed by atoms with Crippen molar-refractivity contribution in [3.8, 4) is 0 Å². The highest BCUT2D eigenvalue weighted by molar-refractivity contribution is 5.88. The van der Waals surface area contributed by atoms with E-state index < -0.39 is 0 Å². The van der Waals surface area contributed by atoms with E-state index in [2.05, 4.69) is 6.58 Å². The van der Waals surface area contributed by atoms with Gasteiger partial charge in [0.15, 0.2) is 5.78 Å². The molecule has 3 fully saturated rings. The fraction of sp³-hybridized carbons (Fsp3) is 0.750. The second-order valence-electron chi connectivity index (χ2n) is 4.90. The lowest BCUT2D eigenvalue weighted by Gasteiger charge is -2.39. The van der Waals surface area contributed by atoms with E-state index >= 15 is 0 Å². The van der Waals surface area contributed by atoms with E-state index in [1.807, 2.05) is 0 Å². The average molecular weight is 192 g/mol. The minimum absolute atomic E-state index is 0.0217. The van der Waals surface area contributed by atoms with Gasteiger partial charge in [-0.3, -0.25) is 4.79 Å². The Hall–Kier alpha value is -0.630. The zero-order chi connectivity index (χ0) is 9.76. The monoisotopic (exact) mass is 192 g/mol. The molecule has 0 radical (unpaired) electrons. The van der Waals surface area contributed by atoms with Gasteiger partial charge in [-0.25, -0.2) is 0 Å². The van der Waals surface area contributed by atoms with Crippen molar-refractivity contribution in [3.63, 3.8) is 0 Å². The molecule has 76 valence electrons. The second-order valence-corrected chi connectivity index (χ2v) is 4.90. The van der Waals surface area contributed by atoms with Gasteiger partial charge in [-0.15, -0.1) is 0 Å². The number of carbonyl (C=O) groups excluding carboxylic acids is 1. The van der Waals surface area contributed by atoms with Crippen LogP contribution in [0.3, 0.4) is 0 Å². The first-order valence-electron chi connectivity index (χ1n) is 5.62. The fourth-order valence-electron chi connectivity index (χ4n) is 3.46. The van der Waals surface area contributed by atoms with Gasteiger partial charge in [-0.1, -0.05) is 19.4 Å². The first kappa shape index (κ1) is 8.66. The van der Waals surface area contributed by atoms with Crippen LogP contribution in [0.25, 0.3) is 0 Å². The Morgan fingerprint density at radius 3 is 3.07 bits per heavy atom. The predicted molar refractivity (Wildman–Crippen MR) is 52.9 cm³/mol. The molecular formula is C12H16O2. The number of fused-ring (bicyclic) bond motifs is 1. The van der Waals surface area contributed by atoms with E-state index in [1.165, 1.54) is 19.3 Å². The summed E-state index contributed by atoms with van der Waals surface area (Å²) >= 11 is 0. The Balaban J connectivity index is 2.00. The van der Waals surface area contributed by atoms with Crippen molar-refractivity contribution < 1.29 is 9.53 Å². The maximum atomic E-state index is 11.6. The molecule has 0 unspecified atom stereocenters. The lowest BCUT2D eigenvalue weighted by Crippen LogP contribution is -2.42. The third-order valence-electron chi connectivity index (χ3n) is 4.20. The van der Waals surface area contributed by atoms with Crippen molar-refractivity contribution in [2.45, 2.75) is 50.2 Å². The summed E-state index contributed by atoms with van der Waals surface area (Å²) in [5.74, 6) is 0.739. The molecule has 0 aromatic rings. The Bertz CT molecular complexity index is 307. The smallest absolute Gasteiger partial charge is 0.165 e. The molecule has 2 nitrogen and oxygen atoms in total. The molecule has 3 aliphatic rings. The molecule has 1 spiro atoms. The molecular weight excluding hydrogens is 176 g/mol. The number of hydrogen-bond donors (Lipinski definition) is 0. The van der Waals surface area contributed by atoms with Crippen LogP contribution < -0.4 is 0 Å². The van der Waals surface area contributed by atoms with Gasteiger partial charge in [0, 0.05) is 12.3 Å². The van der Waals surface area contributed by atoms with Crippen LogP contribution in [0.1, 0.15) is 38.5 Å². The number of Topliss-reactive ketones (excluding diaryl/α,β-unsaturated/α-hetero) is 1. The molecule has 1 aliphatic carbocycles. The van der Waals surface area contributed by atoms with Gasteiger partial charge in [0.1, 0.15) is 6.10 Å². The molecule has 0 aromatic heterocycles. The quantitative estimate of drug-likeness (QED) is 0.550. The van der Waals surface area contributed by atoms with Gasteiger partial charge >= 0.3 is 0 Å². The van der Waals surface area contributed by atoms with Crippen LogP contribution in [0, 0.1) is 5.92 Å². The summed E-state index contributed by atoms with van der Waals surface area (Å²) in [4.78, 5) is 11.6. The lowest BCUT2D eigenvalue weighted by atomic mass is 9.72. The number of ketones is 1. The predicted octanol–water partition coefficient (Wildman–Crippen LogP) is 2.23. The van der Waals surface area contributed by atoms with Crippen molar-refractivity contribution >= 4 is 5.78 Å². The van der Waals surface area contributed by atoms with E-state index in [-0.39, 0.29) is 17.5 Å². The van der Waals surface area contributed by atoms with Crippen molar-refractivity contribution in [2.75, 3.05) is 0 Å². The summed E-state index contributed by atoms with van der Waals surface area (Å²) in [6.45, 7) is 4.08. The van der Waals surface area contributed by atoms with Gasteiger partial charge in [0.25, 0.3) is 0 Å². The highest BCUT2D eigenvalue weighted by Gasteiger charge is 2.56. The number of carbonyl (C=O) groups is 1. The number of rotatable bonds is 0. The Morgan fingerprint density at radius 2 is 2.21 bits per heavy atom. The summed E-state index contributed by atoms with van der Waals surface area (Å²) in [6.07, 6.45) is 6.25. The van der Waals surface area contributed by atoms with Crippen molar-refractivity contribution in [3.05, 3.63) is 12.2 Å². The Kier molecular flexibility index (Phi) is 1.67. The van der Waals surface area contributed by atoms with Crippen LogP contribution in [0.5, 0.6) is 0 Å². The van der Waals surface area contributed by atoms with Gasteiger partial charge in [0.2, 0.25) is 0 Å². The average Bonchev–Trinajstić information content (AvgIpc) is 2.45. The van der Waals surface area contributed by atoms with Crippen LogP contribution >= 0.6 is 0 Å². The molecule has 0 amide bonds. The molecule has 2 saturated heterocycles. The van der Waals surface area contributed by atoms with Crippen molar-refractivity contribution in [1.82, 2.24) is 0 Å². The molecule has 1 saturated carbocycles. The largest absolute Gasteiger partial charge is 0.359 e. The molecule has 3 atom stereocenters. The van der Waals surface area contributed by atoms with Crippen LogP contribution in [0.15, 0.2) is 12.2 Å². The highest BCUT2D eigenvalue weighted by atomic mass is 16.5. The molecule has 2 bridgehead atoms. The zero-order valence-electron chi connectivity index (χ0n) is 8.42. The van der Waals surface area contributed by atoms with E-state index in [0.29, 0.717) is 12.3 Å². The first-order chi connectivity index (χ1) is 6.73. The summed E-state index contributed by atoms with van der Waals surface area (Å²) in [6, 6.07) is 0. The Labute approximate surface area is 84.3 Å². The lowest BCUT2D eigenvalue weighted by molar-refractivity contribution is -0.150. The van der Waals surface area contributed by atoms with Crippen molar-refractivity contribution in [1.29, 1.82) is 0 Å². The topological polar surface area (TPSA) is 26.3 Å². The van der Waals surface area contributed by atoms with Crippen LogP contribution in [0.2, 0.25) is 0 Å². The second kappa shape index (κ2) is 2.69. The van der Waals surface area contributed by atoms with Crippen molar-refractivity contribution in [2.24, 2.45) is 5.92 Å². The van der Waals surface area contributed by atoms with E-state index in [9.17, 15) is 4.79 Å². The van der Waals surface area contributed by atoms with Gasteiger partial charge < -0.3 is 4.74 Å². The van der Waals surface area contributed by atoms with E-state index in [0.717, 1.165) is 18.4 Å². The van der Waals surface area contributed by atoms with E-state index in [4.69, 9.17) is 4.74 Å². The van der Waals surface area contributed by atoms with Crippen LogP contribution in [0.4, 0.5) is 0 Å². The van der Waals surface area contributed by atoms with Gasteiger partial charge in [-0.05, 0) is 24.8 Å². The van der Waals surface area contributed by atoms with Crippen LogP contribution in [-0.2, 0) is 9.53 Å². The van der Waals surface area contributed by atoms with Crippen LogP contribution in [-0.4, -0.2) is 17.5 Å². The summed E-state index contributed by atoms with van der Waals surface area (Å²) < 4.78 is 5.96. The molecule has 14 heavy (non-hydrogen) atoms.